The number of benzene rings is 1. The van der Waals surface area contributed by atoms with Crippen molar-refractivity contribution < 1.29 is 4.79 Å². The summed E-state index contributed by atoms with van der Waals surface area (Å²) in [7, 11) is 0. The van der Waals surface area contributed by atoms with Crippen LogP contribution in [0.3, 0.4) is 0 Å². The van der Waals surface area contributed by atoms with Crippen molar-refractivity contribution >= 4 is 17.2 Å². The van der Waals surface area contributed by atoms with Gasteiger partial charge in [0.1, 0.15) is 6.29 Å². The highest BCUT2D eigenvalue weighted by Crippen LogP contribution is 2.23. The highest BCUT2D eigenvalue weighted by Gasteiger charge is 2.23. The minimum atomic E-state index is 0.0642. The predicted molar refractivity (Wildman–Crippen MR) is 79.5 cm³/mol. The second-order valence-electron chi connectivity index (χ2n) is 5.45. The van der Waals surface area contributed by atoms with E-state index in [1.165, 1.54) is 17.3 Å². The van der Waals surface area contributed by atoms with E-state index in [9.17, 15) is 4.79 Å². The van der Waals surface area contributed by atoms with E-state index in [-0.39, 0.29) is 6.04 Å². The molecule has 1 fully saturated rings. The van der Waals surface area contributed by atoms with Gasteiger partial charge >= 0.3 is 0 Å². The summed E-state index contributed by atoms with van der Waals surface area (Å²) >= 11 is 0. The lowest BCUT2D eigenvalue weighted by atomic mass is 10.0. The van der Waals surface area contributed by atoms with Gasteiger partial charge in [-0.1, -0.05) is 24.6 Å². The van der Waals surface area contributed by atoms with E-state index < -0.39 is 0 Å². The van der Waals surface area contributed by atoms with E-state index in [1.54, 1.807) is 0 Å². The van der Waals surface area contributed by atoms with Crippen LogP contribution in [0.2, 0.25) is 0 Å². The molecule has 20 heavy (non-hydrogen) atoms. The quantitative estimate of drug-likeness (QED) is 0.802. The number of fused-ring (bicyclic) bond motifs is 1. The summed E-state index contributed by atoms with van der Waals surface area (Å²) in [4.78, 5) is 13.5. The molecule has 1 unspecified atom stereocenters. The van der Waals surface area contributed by atoms with E-state index in [0.29, 0.717) is 0 Å². The number of piperidine rings is 1. The zero-order valence-corrected chi connectivity index (χ0v) is 12.0. The number of para-hydroxylation sites is 1. The fourth-order valence-electron chi connectivity index (χ4n) is 3.11. The molecular formula is C16H21N3O. The number of nitrogens with zero attached hydrogens (tertiary/aromatic N) is 3. The molecule has 1 aromatic carbocycles. The lowest BCUT2D eigenvalue weighted by Gasteiger charge is -2.31. The Balaban J connectivity index is 1.92. The summed E-state index contributed by atoms with van der Waals surface area (Å²) in [5.74, 6) is 0. The third-order valence-electron chi connectivity index (χ3n) is 4.21. The van der Waals surface area contributed by atoms with E-state index in [0.717, 1.165) is 44.5 Å². The SMILES string of the molecule is CCn1nc(CN2CCCCC2C=O)c2ccccc21. The Morgan fingerprint density at radius 2 is 2.20 bits per heavy atom. The molecule has 0 N–H and O–H groups in total. The first-order valence-electron chi connectivity index (χ1n) is 7.47. The summed E-state index contributed by atoms with van der Waals surface area (Å²) in [6.07, 6.45) is 4.41. The number of hydrogen-bond donors (Lipinski definition) is 0. The molecule has 3 rings (SSSR count). The number of aldehydes is 1. The van der Waals surface area contributed by atoms with Crippen molar-refractivity contribution in [1.29, 1.82) is 0 Å². The molecule has 0 radical (unpaired) electrons. The predicted octanol–water partition coefficient (Wildman–Crippen LogP) is 2.61. The number of carbonyl (C=O) groups excluding carboxylic acids is 1. The molecule has 0 saturated carbocycles. The third-order valence-corrected chi connectivity index (χ3v) is 4.21. The molecule has 0 aliphatic carbocycles. The molecule has 0 amide bonds. The van der Waals surface area contributed by atoms with Crippen LogP contribution in [0.4, 0.5) is 0 Å². The second-order valence-corrected chi connectivity index (χ2v) is 5.45. The average molecular weight is 271 g/mol. The summed E-state index contributed by atoms with van der Waals surface area (Å²) in [6, 6.07) is 8.41. The van der Waals surface area contributed by atoms with Gasteiger partial charge in [0.2, 0.25) is 0 Å². The Morgan fingerprint density at radius 3 is 3.00 bits per heavy atom. The topological polar surface area (TPSA) is 38.1 Å². The zero-order valence-electron chi connectivity index (χ0n) is 12.0. The minimum Gasteiger partial charge on any atom is -0.302 e. The van der Waals surface area contributed by atoms with Crippen molar-refractivity contribution in [3.63, 3.8) is 0 Å². The van der Waals surface area contributed by atoms with Crippen molar-refractivity contribution in [1.82, 2.24) is 14.7 Å². The summed E-state index contributed by atoms with van der Waals surface area (Å²) in [5, 5.41) is 5.94. The molecule has 1 saturated heterocycles. The Kier molecular flexibility index (Phi) is 3.83. The van der Waals surface area contributed by atoms with E-state index in [1.807, 2.05) is 4.68 Å². The fourth-order valence-corrected chi connectivity index (χ4v) is 3.11. The largest absolute Gasteiger partial charge is 0.302 e. The molecular weight excluding hydrogens is 250 g/mol. The van der Waals surface area contributed by atoms with E-state index >= 15 is 0 Å². The van der Waals surface area contributed by atoms with Gasteiger partial charge in [0.05, 0.1) is 17.3 Å². The summed E-state index contributed by atoms with van der Waals surface area (Å²) in [5.41, 5.74) is 2.28. The van der Waals surface area contributed by atoms with Crippen LogP contribution in [0.5, 0.6) is 0 Å². The number of likely N-dealkylation sites (tertiary alicyclic amines) is 1. The van der Waals surface area contributed by atoms with Gasteiger partial charge < -0.3 is 4.79 Å². The van der Waals surface area contributed by atoms with Crippen LogP contribution in [-0.2, 0) is 17.9 Å². The Hall–Kier alpha value is -1.68. The summed E-state index contributed by atoms with van der Waals surface area (Å²) in [6.45, 7) is 4.75. The number of hydrogen-bond acceptors (Lipinski definition) is 3. The highest BCUT2D eigenvalue weighted by molar-refractivity contribution is 5.81. The molecule has 4 nitrogen and oxygen atoms in total. The highest BCUT2D eigenvalue weighted by atomic mass is 16.1. The van der Waals surface area contributed by atoms with Crippen LogP contribution in [0, 0.1) is 0 Å². The van der Waals surface area contributed by atoms with Crippen LogP contribution in [0.25, 0.3) is 10.9 Å². The molecule has 1 aliphatic rings. The van der Waals surface area contributed by atoms with Gasteiger partial charge in [-0.2, -0.15) is 5.10 Å². The van der Waals surface area contributed by atoms with Crippen molar-refractivity contribution in [2.75, 3.05) is 6.54 Å². The molecule has 2 heterocycles. The van der Waals surface area contributed by atoms with Gasteiger partial charge in [-0.05, 0) is 32.4 Å². The van der Waals surface area contributed by atoms with Gasteiger partial charge in [-0.3, -0.25) is 9.58 Å². The van der Waals surface area contributed by atoms with Gasteiger partial charge in [0.25, 0.3) is 0 Å². The lowest BCUT2D eigenvalue weighted by Crippen LogP contribution is -2.40. The molecule has 2 aromatic rings. The number of aromatic nitrogens is 2. The molecule has 0 bridgehead atoms. The average Bonchev–Trinajstić information content (AvgIpc) is 2.86. The van der Waals surface area contributed by atoms with Gasteiger partial charge in [0.15, 0.2) is 0 Å². The maximum absolute atomic E-state index is 11.2. The van der Waals surface area contributed by atoms with Crippen LogP contribution < -0.4 is 0 Å². The number of rotatable bonds is 4. The molecule has 0 spiro atoms. The molecule has 1 aromatic heterocycles. The first-order valence-corrected chi connectivity index (χ1v) is 7.47. The van der Waals surface area contributed by atoms with Gasteiger partial charge in [-0.25, -0.2) is 0 Å². The monoisotopic (exact) mass is 271 g/mol. The fraction of sp³-hybridized carbons (Fsp3) is 0.500. The minimum absolute atomic E-state index is 0.0642. The van der Waals surface area contributed by atoms with Crippen LogP contribution >= 0.6 is 0 Å². The maximum Gasteiger partial charge on any atom is 0.137 e. The van der Waals surface area contributed by atoms with Crippen molar-refractivity contribution in [3.05, 3.63) is 30.0 Å². The van der Waals surface area contributed by atoms with Crippen molar-refractivity contribution in [2.24, 2.45) is 0 Å². The van der Waals surface area contributed by atoms with Crippen LogP contribution in [0.15, 0.2) is 24.3 Å². The molecule has 4 heteroatoms. The standard InChI is InChI=1S/C16H21N3O/c1-2-19-16-9-4-3-8-14(16)15(17-19)11-18-10-6-5-7-13(18)12-20/h3-4,8-9,12-13H,2,5-7,10-11H2,1H3. The Morgan fingerprint density at radius 1 is 1.35 bits per heavy atom. The van der Waals surface area contributed by atoms with Gasteiger partial charge in [-0.15, -0.1) is 0 Å². The van der Waals surface area contributed by atoms with Gasteiger partial charge in [0, 0.05) is 18.5 Å². The molecule has 1 atom stereocenters. The van der Waals surface area contributed by atoms with Crippen molar-refractivity contribution in [2.45, 2.75) is 45.3 Å². The van der Waals surface area contributed by atoms with Crippen LogP contribution in [0.1, 0.15) is 31.9 Å². The Labute approximate surface area is 119 Å². The van der Waals surface area contributed by atoms with Crippen LogP contribution in [-0.4, -0.2) is 33.6 Å². The van der Waals surface area contributed by atoms with E-state index in [4.69, 9.17) is 5.10 Å². The lowest BCUT2D eigenvalue weighted by molar-refractivity contribution is -0.113. The zero-order chi connectivity index (χ0) is 13.9. The number of aryl methyl sites for hydroxylation is 1. The first-order chi connectivity index (χ1) is 9.83. The molecule has 106 valence electrons. The maximum atomic E-state index is 11.2. The smallest absolute Gasteiger partial charge is 0.137 e. The third kappa shape index (κ3) is 2.36. The van der Waals surface area contributed by atoms with Crippen molar-refractivity contribution in [3.8, 4) is 0 Å². The summed E-state index contributed by atoms with van der Waals surface area (Å²) < 4.78 is 2.05. The normalized spacial score (nSPS) is 20.4. The Bertz CT molecular complexity index is 605. The second kappa shape index (κ2) is 5.75. The van der Waals surface area contributed by atoms with E-state index in [2.05, 4.69) is 36.1 Å². The first kappa shape index (κ1) is 13.3. The molecule has 1 aliphatic heterocycles. The number of carbonyl (C=O) groups is 1.